The summed E-state index contributed by atoms with van der Waals surface area (Å²) in [6.45, 7) is 8.26. The second-order valence-corrected chi connectivity index (χ2v) is 7.31. The molecule has 0 spiro atoms. The van der Waals surface area contributed by atoms with Gasteiger partial charge >= 0.3 is 6.09 Å². The topological polar surface area (TPSA) is 42.0 Å². The van der Waals surface area contributed by atoms with Gasteiger partial charge in [-0.2, -0.15) is 0 Å². The fourth-order valence-corrected chi connectivity index (χ4v) is 3.28. The highest BCUT2D eigenvalue weighted by molar-refractivity contribution is 5.68. The molecule has 23 heavy (non-hydrogen) atoms. The van der Waals surface area contributed by atoms with Crippen LogP contribution in [0.3, 0.4) is 0 Å². The number of ether oxygens (including phenoxy) is 2. The molecule has 3 rings (SSSR count). The zero-order valence-corrected chi connectivity index (χ0v) is 14.5. The maximum Gasteiger partial charge on any atom is 0.410 e. The van der Waals surface area contributed by atoms with Crippen molar-refractivity contribution in [2.24, 2.45) is 5.92 Å². The summed E-state index contributed by atoms with van der Waals surface area (Å²) in [5, 5.41) is 0. The first-order valence-corrected chi connectivity index (χ1v) is 9.13. The predicted molar refractivity (Wildman–Crippen MR) is 89.2 cm³/mol. The molecule has 1 aliphatic carbocycles. The van der Waals surface area contributed by atoms with Crippen LogP contribution in [0.1, 0.15) is 46.0 Å². The minimum absolute atomic E-state index is 0.0562. The first-order chi connectivity index (χ1) is 11.1. The predicted octanol–water partition coefficient (Wildman–Crippen LogP) is 3.01. The average molecular weight is 322 g/mol. The van der Waals surface area contributed by atoms with Crippen LogP contribution >= 0.6 is 0 Å². The molecule has 130 valence electrons. The number of rotatable bonds is 5. The Balaban J connectivity index is 1.47. The Hall–Kier alpha value is -1.23. The highest BCUT2D eigenvalue weighted by atomic mass is 16.6. The van der Waals surface area contributed by atoms with Crippen molar-refractivity contribution in [2.45, 2.75) is 58.2 Å². The Morgan fingerprint density at radius 1 is 1.30 bits per heavy atom. The summed E-state index contributed by atoms with van der Waals surface area (Å²) in [7, 11) is 0. The van der Waals surface area contributed by atoms with Crippen molar-refractivity contribution in [3.8, 4) is 0 Å². The summed E-state index contributed by atoms with van der Waals surface area (Å²) in [5.74, 6) is 0.833. The summed E-state index contributed by atoms with van der Waals surface area (Å²) < 4.78 is 11.3. The van der Waals surface area contributed by atoms with E-state index in [-0.39, 0.29) is 12.2 Å². The van der Waals surface area contributed by atoms with Gasteiger partial charge in [-0.15, -0.1) is 0 Å². The van der Waals surface area contributed by atoms with Crippen LogP contribution in [0, 0.1) is 5.92 Å². The zero-order valence-electron chi connectivity index (χ0n) is 14.5. The van der Waals surface area contributed by atoms with Gasteiger partial charge in [-0.1, -0.05) is 0 Å². The summed E-state index contributed by atoms with van der Waals surface area (Å²) in [6, 6.07) is 0. The van der Waals surface area contributed by atoms with Gasteiger partial charge in [0.1, 0.15) is 0 Å². The molecule has 1 amide bonds. The second kappa shape index (κ2) is 7.56. The van der Waals surface area contributed by atoms with E-state index in [9.17, 15) is 4.79 Å². The minimum atomic E-state index is -0.195. The Morgan fingerprint density at radius 2 is 2.13 bits per heavy atom. The standard InChI is InChI=1S/C18H30N2O3/c1-14(2)23-18(21)19-10-7-16(8-11-19)20-9-3-4-17(12-20)22-13-15-5-6-15/h7,14-15,17H,3-6,8-13H2,1-2H3. The van der Waals surface area contributed by atoms with Gasteiger partial charge < -0.3 is 19.3 Å². The number of piperidine rings is 1. The molecule has 1 saturated carbocycles. The minimum Gasteiger partial charge on any atom is -0.447 e. The molecule has 2 fully saturated rings. The molecule has 0 radical (unpaired) electrons. The smallest absolute Gasteiger partial charge is 0.410 e. The Morgan fingerprint density at radius 3 is 2.78 bits per heavy atom. The van der Waals surface area contributed by atoms with Crippen molar-refractivity contribution in [3.05, 3.63) is 11.8 Å². The molecule has 3 aliphatic rings. The van der Waals surface area contributed by atoms with Crippen molar-refractivity contribution in [1.82, 2.24) is 9.80 Å². The van der Waals surface area contributed by atoms with E-state index in [0.29, 0.717) is 12.6 Å². The maximum absolute atomic E-state index is 11.9. The summed E-state index contributed by atoms with van der Waals surface area (Å²) in [6.07, 6.45) is 8.33. The van der Waals surface area contributed by atoms with Gasteiger partial charge in [-0.25, -0.2) is 4.79 Å². The van der Waals surface area contributed by atoms with E-state index in [0.717, 1.165) is 38.6 Å². The van der Waals surface area contributed by atoms with Crippen LogP contribution in [-0.4, -0.2) is 60.9 Å². The lowest BCUT2D eigenvalue weighted by Gasteiger charge is -2.38. The molecular weight excluding hydrogens is 292 g/mol. The fraction of sp³-hybridized carbons (Fsp3) is 0.833. The third-order valence-corrected chi connectivity index (χ3v) is 4.83. The van der Waals surface area contributed by atoms with E-state index in [4.69, 9.17) is 9.47 Å². The van der Waals surface area contributed by atoms with Crippen LogP contribution < -0.4 is 0 Å². The van der Waals surface area contributed by atoms with Crippen LogP contribution in [0.25, 0.3) is 0 Å². The van der Waals surface area contributed by atoms with Crippen LogP contribution in [0.5, 0.6) is 0 Å². The molecule has 0 aromatic rings. The average Bonchev–Trinajstić information content (AvgIpc) is 3.37. The molecule has 0 bridgehead atoms. The Bertz CT molecular complexity index is 446. The molecule has 1 atom stereocenters. The van der Waals surface area contributed by atoms with Crippen LogP contribution in [0.15, 0.2) is 11.8 Å². The number of carbonyl (C=O) groups excluding carboxylic acids is 1. The lowest BCUT2D eigenvalue weighted by Crippen LogP contribution is -2.43. The number of hydrogen-bond acceptors (Lipinski definition) is 4. The molecule has 1 saturated heterocycles. The van der Waals surface area contributed by atoms with Crippen LogP contribution in [0.4, 0.5) is 4.79 Å². The van der Waals surface area contributed by atoms with Crippen LogP contribution in [-0.2, 0) is 9.47 Å². The van der Waals surface area contributed by atoms with Crippen molar-refractivity contribution < 1.29 is 14.3 Å². The monoisotopic (exact) mass is 322 g/mol. The largest absolute Gasteiger partial charge is 0.447 e. The first kappa shape index (κ1) is 16.6. The van der Waals surface area contributed by atoms with Gasteiger partial charge in [-0.05, 0) is 51.5 Å². The molecule has 0 N–H and O–H groups in total. The highest BCUT2D eigenvalue weighted by Crippen LogP contribution is 2.30. The van der Waals surface area contributed by atoms with Gasteiger partial charge in [0.2, 0.25) is 0 Å². The van der Waals surface area contributed by atoms with E-state index in [2.05, 4.69) is 11.0 Å². The highest BCUT2D eigenvalue weighted by Gasteiger charge is 2.28. The zero-order chi connectivity index (χ0) is 16.2. The third-order valence-electron chi connectivity index (χ3n) is 4.83. The lowest BCUT2D eigenvalue weighted by molar-refractivity contribution is 0.00144. The number of amides is 1. The summed E-state index contributed by atoms with van der Waals surface area (Å²) >= 11 is 0. The SMILES string of the molecule is CC(C)OC(=O)N1CC=C(N2CCCC(OCC3CC3)C2)CC1. The maximum atomic E-state index is 11.9. The summed E-state index contributed by atoms with van der Waals surface area (Å²) in [4.78, 5) is 16.2. The number of nitrogens with zero attached hydrogens (tertiary/aromatic N) is 2. The van der Waals surface area contributed by atoms with Crippen molar-refractivity contribution in [3.63, 3.8) is 0 Å². The number of carbonyl (C=O) groups is 1. The van der Waals surface area contributed by atoms with E-state index < -0.39 is 0 Å². The normalized spacial score (nSPS) is 25.5. The van der Waals surface area contributed by atoms with E-state index in [1.54, 1.807) is 4.90 Å². The summed E-state index contributed by atoms with van der Waals surface area (Å²) in [5.41, 5.74) is 1.37. The van der Waals surface area contributed by atoms with Gasteiger partial charge in [0, 0.05) is 44.9 Å². The third kappa shape index (κ3) is 4.87. The molecule has 0 aromatic carbocycles. The second-order valence-electron chi connectivity index (χ2n) is 7.31. The number of likely N-dealkylation sites (tertiary alicyclic amines) is 1. The molecule has 5 heteroatoms. The van der Waals surface area contributed by atoms with Gasteiger partial charge in [-0.3, -0.25) is 0 Å². The van der Waals surface area contributed by atoms with E-state index in [1.165, 1.54) is 31.4 Å². The van der Waals surface area contributed by atoms with E-state index in [1.807, 2.05) is 13.8 Å². The van der Waals surface area contributed by atoms with E-state index >= 15 is 0 Å². The Kier molecular flexibility index (Phi) is 5.46. The van der Waals surface area contributed by atoms with Crippen molar-refractivity contribution in [1.29, 1.82) is 0 Å². The van der Waals surface area contributed by atoms with Gasteiger partial charge in [0.25, 0.3) is 0 Å². The van der Waals surface area contributed by atoms with Crippen molar-refractivity contribution in [2.75, 3.05) is 32.8 Å². The molecular formula is C18H30N2O3. The lowest BCUT2D eigenvalue weighted by atomic mass is 10.1. The van der Waals surface area contributed by atoms with Gasteiger partial charge in [0.05, 0.1) is 12.2 Å². The molecule has 1 unspecified atom stereocenters. The molecule has 0 aromatic heterocycles. The Labute approximate surface area is 139 Å². The first-order valence-electron chi connectivity index (χ1n) is 9.13. The molecule has 5 nitrogen and oxygen atoms in total. The van der Waals surface area contributed by atoms with Crippen LogP contribution in [0.2, 0.25) is 0 Å². The number of hydrogen-bond donors (Lipinski definition) is 0. The molecule has 2 heterocycles. The quantitative estimate of drug-likeness (QED) is 0.780. The van der Waals surface area contributed by atoms with Gasteiger partial charge in [0.15, 0.2) is 0 Å². The fourth-order valence-electron chi connectivity index (χ4n) is 3.28. The van der Waals surface area contributed by atoms with Crippen molar-refractivity contribution >= 4 is 6.09 Å². The molecule has 2 aliphatic heterocycles.